The van der Waals surface area contributed by atoms with Gasteiger partial charge in [-0.15, -0.1) is 0 Å². The fourth-order valence-corrected chi connectivity index (χ4v) is 2.05. The Morgan fingerprint density at radius 2 is 2.00 bits per heavy atom. The van der Waals surface area contributed by atoms with Crippen molar-refractivity contribution in [3.63, 3.8) is 0 Å². The summed E-state index contributed by atoms with van der Waals surface area (Å²) in [4.78, 5) is 11.6. The predicted octanol–water partition coefficient (Wildman–Crippen LogP) is 1.97. The van der Waals surface area contributed by atoms with Gasteiger partial charge in [0.05, 0.1) is 0 Å². The molecule has 0 unspecified atom stereocenters. The van der Waals surface area contributed by atoms with Gasteiger partial charge in [-0.1, -0.05) is 19.1 Å². The molecule has 0 spiro atoms. The van der Waals surface area contributed by atoms with Gasteiger partial charge >= 0.3 is 0 Å². The topological polar surface area (TPSA) is 29.1 Å². The lowest BCUT2D eigenvalue weighted by Crippen LogP contribution is -2.16. The molecular weight excluding hydrogens is 186 g/mol. The van der Waals surface area contributed by atoms with Gasteiger partial charge in [-0.2, -0.15) is 0 Å². The Balaban J connectivity index is 2.31. The number of Topliss-reactive ketones (excluding diaryl/α,β-unsaturated/α-hetero) is 1. The first-order valence-corrected chi connectivity index (χ1v) is 5.67. The SMILES string of the molecule is CCC(=O)c1ccc2c(c1)CCNCC2. The third-order valence-electron chi connectivity index (χ3n) is 2.99. The Morgan fingerprint density at radius 3 is 2.73 bits per heavy atom. The van der Waals surface area contributed by atoms with E-state index in [4.69, 9.17) is 0 Å². The molecule has 2 nitrogen and oxygen atoms in total. The van der Waals surface area contributed by atoms with Crippen LogP contribution >= 0.6 is 0 Å². The molecule has 0 fully saturated rings. The summed E-state index contributed by atoms with van der Waals surface area (Å²) in [7, 11) is 0. The molecule has 2 rings (SSSR count). The van der Waals surface area contributed by atoms with Crippen LogP contribution in [0.15, 0.2) is 18.2 Å². The summed E-state index contributed by atoms with van der Waals surface area (Å²) in [6.07, 6.45) is 2.72. The summed E-state index contributed by atoms with van der Waals surface area (Å²) in [6.45, 7) is 3.99. The highest BCUT2D eigenvalue weighted by molar-refractivity contribution is 5.96. The Bertz CT molecular complexity index is 371. The summed E-state index contributed by atoms with van der Waals surface area (Å²) in [6, 6.07) is 6.16. The predicted molar refractivity (Wildman–Crippen MR) is 61.3 cm³/mol. The van der Waals surface area contributed by atoms with E-state index in [1.54, 1.807) is 0 Å². The minimum absolute atomic E-state index is 0.245. The molecule has 1 heterocycles. The van der Waals surface area contributed by atoms with Gasteiger partial charge in [-0.25, -0.2) is 0 Å². The summed E-state index contributed by atoms with van der Waals surface area (Å²) in [5.74, 6) is 0.245. The molecule has 0 amide bonds. The van der Waals surface area contributed by atoms with Gasteiger partial charge in [0.2, 0.25) is 0 Å². The van der Waals surface area contributed by atoms with Crippen LogP contribution in [0.3, 0.4) is 0 Å². The maximum atomic E-state index is 11.6. The minimum atomic E-state index is 0.245. The van der Waals surface area contributed by atoms with Crippen LogP contribution in [0.25, 0.3) is 0 Å². The molecule has 2 heteroatoms. The molecule has 0 bridgehead atoms. The molecule has 1 aliphatic rings. The largest absolute Gasteiger partial charge is 0.316 e. The van der Waals surface area contributed by atoms with Crippen molar-refractivity contribution in [1.82, 2.24) is 5.32 Å². The molecule has 1 aromatic carbocycles. The van der Waals surface area contributed by atoms with Gasteiger partial charge in [-0.05, 0) is 43.1 Å². The van der Waals surface area contributed by atoms with Crippen LogP contribution in [-0.4, -0.2) is 18.9 Å². The molecular formula is C13H17NO. The van der Waals surface area contributed by atoms with E-state index < -0.39 is 0 Å². The third-order valence-corrected chi connectivity index (χ3v) is 2.99. The maximum Gasteiger partial charge on any atom is 0.162 e. The minimum Gasteiger partial charge on any atom is -0.316 e. The van der Waals surface area contributed by atoms with Crippen molar-refractivity contribution in [2.75, 3.05) is 13.1 Å². The highest BCUT2D eigenvalue weighted by atomic mass is 16.1. The maximum absolute atomic E-state index is 11.6. The van der Waals surface area contributed by atoms with E-state index in [0.717, 1.165) is 31.5 Å². The second-order valence-corrected chi connectivity index (χ2v) is 4.01. The van der Waals surface area contributed by atoms with Crippen molar-refractivity contribution in [2.45, 2.75) is 26.2 Å². The highest BCUT2D eigenvalue weighted by Crippen LogP contribution is 2.16. The number of carbonyl (C=O) groups excluding carboxylic acids is 1. The lowest BCUT2D eigenvalue weighted by Gasteiger charge is -2.06. The number of rotatable bonds is 2. The molecule has 1 aliphatic heterocycles. The smallest absolute Gasteiger partial charge is 0.162 e. The number of ketones is 1. The Morgan fingerprint density at radius 1 is 1.27 bits per heavy atom. The van der Waals surface area contributed by atoms with Gasteiger partial charge in [-0.3, -0.25) is 4.79 Å². The van der Waals surface area contributed by atoms with Crippen molar-refractivity contribution in [1.29, 1.82) is 0 Å². The number of hydrogen-bond acceptors (Lipinski definition) is 2. The molecule has 80 valence electrons. The van der Waals surface area contributed by atoms with Gasteiger partial charge in [0.25, 0.3) is 0 Å². The van der Waals surface area contributed by atoms with Crippen LogP contribution in [0.4, 0.5) is 0 Å². The highest BCUT2D eigenvalue weighted by Gasteiger charge is 2.10. The Hall–Kier alpha value is -1.15. The normalized spacial score (nSPS) is 15.5. The molecule has 0 atom stereocenters. The van der Waals surface area contributed by atoms with Gasteiger partial charge in [0.1, 0.15) is 0 Å². The van der Waals surface area contributed by atoms with Crippen LogP contribution in [0.2, 0.25) is 0 Å². The number of benzene rings is 1. The van der Waals surface area contributed by atoms with Crippen LogP contribution < -0.4 is 5.32 Å². The standard InChI is InChI=1S/C13H17NO/c1-2-13(15)12-4-3-10-5-7-14-8-6-11(10)9-12/h3-4,9,14H,2,5-8H2,1H3. The van der Waals surface area contributed by atoms with Crippen molar-refractivity contribution < 1.29 is 4.79 Å². The van der Waals surface area contributed by atoms with Crippen molar-refractivity contribution in [3.05, 3.63) is 34.9 Å². The molecule has 1 N–H and O–H groups in total. The van der Waals surface area contributed by atoms with Gasteiger partial charge in [0, 0.05) is 12.0 Å². The second-order valence-electron chi connectivity index (χ2n) is 4.01. The summed E-state index contributed by atoms with van der Waals surface area (Å²) in [5.41, 5.74) is 3.62. The zero-order valence-electron chi connectivity index (χ0n) is 9.18. The summed E-state index contributed by atoms with van der Waals surface area (Å²) >= 11 is 0. The van der Waals surface area contributed by atoms with Gasteiger partial charge in [0.15, 0.2) is 5.78 Å². The van der Waals surface area contributed by atoms with Crippen LogP contribution in [0, 0.1) is 0 Å². The number of nitrogens with one attached hydrogen (secondary N) is 1. The lowest BCUT2D eigenvalue weighted by atomic mass is 9.98. The zero-order chi connectivity index (χ0) is 10.7. The van der Waals surface area contributed by atoms with E-state index in [-0.39, 0.29) is 5.78 Å². The number of carbonyl (C=O) groups is 1. The van der Waals surface area contributed by atoms with Crippen molar-refractivity contribution in [3.8, 4) is 0 Å². The number of fused-ring (bicyclic) bond motifs is 1. The zero-order valence-corrected chi connectivity index (χ0v) is 9.18. The monoisotopic (exact) mass is 203 g/mol. The fourth-order valence-electron chi connectivity index (χ4n) is 2.05. The number of hydrogen-bond donors (Lipinski definition) is 1. The average Bonchev–Trinajstić information content (AvgIpc) is 2.51. The third kappa shape index (κ3) is 2.26. The second kappa shape index (κ2) is 4.58. The lowest BCUT2D eigenvalue weighted by molar-refractivity contribution is 0.0988. The Labute approximate surface area is 90.7 Å². The first kappa shape index (κ1) is 10.4. The first-order valence-electron chi connectivity index (χ1n) is 5.67. The van der Waals surface area contributed by atoms with E-state index in [2.05, 4.69) is 17.4 Å². The molecule has 0 saturated carbocycles. The van der Waals surface area contributed by atoms with Crippen LogP contribution in [0.1, 0.15) is 34.8 Å². The molecule has 0 aliphatic carbocycles. The first-order chi connectivity index (χ1) is 7.31. The molecule has 1 aromatic rings. The summed E-state index contributed by atoms with van der Waals surface area (Å²) in [5, 5.41) is 3.37. The van der Waals surface area contributed by atoms with Crippen molar-refractivity contribution >= 4 is 5.78 Å². The van der Waals surface area contributed by atoms with E-state index >= 15 is 0 Å². The van der Waals surface area contributed by atoms with Crippen LogP contribution in [-0.2, 0) is 12.8 Å². The Kier molecular flexibility index (Phi) is 3.17. The molecule has 0 saturated heterocycles. The van der Waals surface area contributed by atoms with E-state index in [1.807, 2.05) is 13.0 Å². The van der Waals surface area contributed by atoms with E-state index in [0.29, 0.717) is 6.42 Å². The molecule has 15 heavy (non-hydrogen) atoms. The van der Waals surface area contributed by atoms with E-state index in [1.165, 1.54) is 11.1 Å². The average molecular weight is 203 g/mol. The van der Waals surface area contributed by atoms with Crippen molar-refractivity contribution in [2.24, 2.45) is 0 Å². The molecule has 0 aromatic heterocycles. The van der Waals surface area contributed by atoms with E-state index in [9.17, 15) is 4.79 Å². The quantitative estimate of drug-likeness (QED) is 0.744. The molecule has 0 radical (unpaired) electrons. The van der Waals surface area contributed by atoms with Gasteiger partial charge < -0.3 is 5.32 Å². The summed E-state index contributed by atoms with van der Waals surface area (Å²) < 4.78 is 0. The fraction of sp³-hybridized carbons (Fsp3) is 0.462. The van der Waals surface area contributed by atoms with Crippen LogP contribution in [0.5, 0.6) is 0 Å².